The predicted octanol–water partition coefficient (Wildman–Crippen LogP) is 5.48. The van der Waals surface area contributed by atoms with Crippen LogP contribution in [-0.2, 0) is 0 Å². The van der Waals surface area contributed by atoms with Gasteiger partial charge in [0, 0.05) is 0 Å². The molecule has 0 unspecified atom stereocenters. The van der Waals surface area contributed by atoms with Gasteiger partial charge in [-0.05, 0) is 65.1 Å². The number of phenols is 1. The Bertz CT molecular complexity index is 933. The van der Waals surface area contributed by atoms with Crippen LogP contribution in [0.25, 0.3) is 11.1 Å². The second-order valence-electron chi connectivity index (χ2n) is 6.22. The molecule has 2 aromatic carbocycles. The standard InChI is InChI=1S/C23H22ClNO3/c1-2-21(22-12-9-19(27)15-25-22)23(16-3-7-18(26)8-4-16)17-5-10-20(11-6-17)28-14-13-24/h3-12,15,26-27H,2,13-14H2,1H3/b23-21+. The van der Waals surface area contributed by atoms with Gasteiger partial charge in [0.05, 0.1) is 17.8 Å². The Hall–Kier alpha value is -2.98. The number of alkyl halides is 1. The number of nitrogens with zero attached hydrogens (tertiary/aromatic N) is 1. The predicted molar refractivity (Wildman–Crippen MR) is 113 cm³/mol. The molecule has 0 radical (unpaired) electrons. The van der Waals surface area contributed by atoms with Crippen LogP contribution in [0.15, 0.2) is 66.9 Å². The van der Waals surface area contributed by atoms with Crippen molar-refractivity contribution in [3.63, 3.8) is 0 Å². The lowest BCUT2D eigenvalue weighted by Gasteiger charge is -2.16. The van der Waals surface area contributed by atoms with Crippen molar-refractivity contribution in [1.82, 2.24) is 4.98 Å². The third kappa shape index (κ3) is 4.65. The largest absolute Gasteiger partial charge is 0.508 e. The second-order valence-corrected chi connectivity index (χ2v) is 6.60. The van der Waals surface area contributed by atoms with Gasteiger partial charge in [0.2, 0.25) is 0 Å². The van der Waals surface area contributed by atoms with Crippen LogP contribution in [0.1, 0.15) is 30.2 Å². The highest BCUT2D eigenvalue weighted by Gasteiger charge is 2.14. The van der Waals surface area contributed by atoms with E-state index in [1.165, 1.54) is 6.20 Å². The summed E-state index contributed by atoms with van der Waals surface area (Å²) in [5.74, 6) is 1.54. The van der Waals surface area contributed by atoms with E-state index in [1.807, 2.05) is 42.5 Å². The number of phenolic OH excluding ortho intramolecular Hbond substituents is 1. The van der Waals surface area contributed by atoms with Crippen LogP contribution < -0.4 is 4.74 Å². The minimum atomic E-state index is 0.131. The van der Waals surface area contributed by atoms with E-state index in [-0.39, 0.29) is 11.5 Å². The Kier molecular flexibility index (Phi) is 6.56. The molecule has 0 aliphatic heterocycles. The Morgan fingerprint density at radius 1 is 0.893 bits per heavy atom. The van der Waals surface area contributed by atoms with Crippen molar-refractivity contribution in [3.8, 4) is 17.2 Å². The first kappa shape index (κ1) is 19.8. The van der Waals surface area contributed by atoms with E-state index in [0.29, 0.717) is 12.5 Å². The van der Waals surface area contributed by atoms with Gasteiger partial charge in [-0.15, -0.1) is 11.6 Å². The summed E-state index contributed by atoms with van der Waals surface area (Å²) in [5, 5.41) is 19.3. The number of pyridine rings is 1. The van der Waals surface area contributed by atoms with Gasteiger partial charge in [0.1, 0.15) is 23.9 Å². The topological polar surface area (TPSA) is 62.6 Å². The maximum Gasteiger partial charge on any atom is 0.133 e. The van der Waals surface area contributed by atoms with Gasteiger partial charge >= 0.3 is 0 Å². The molecular formula is C23H22ClNO3. The molecule has 3 aromatic rings. The number of halogens is 1. The first-order valence-electron chi connectivity index (χ1n) is 9.09. The van der Waals surface area contributed by atoms with E-state index in [0.717, 1.165) is 40.1 Å². The summed E-state index contributed by atoms with van der Waals surface area (Å²) in [7, 11) is 0. The molecule has 0 amide bonds. The smallest absolute Gasteiger partial charge is 0.133 e. The maximum absolute atomic E-state index is 9.69. The molecule has 0 aliphatic carbocycles. The average Bonchev–Trinajstić information content (AvgIpc) is 2.73. The number of aromatic nitrogens is 1. The maximum atomic E-state index is 9.69. The summed E-state index contributed by atoms with van der Waals surface area (Å²) in [6, 6.07) is 18.4. The zero-order chi connectivity index (χ0) is 19.9. The lowest BCUT2D eigenvalue weighted by atomic mass is 9.90. The molecule has 5 heteroatoms. The van der Waals surface area contributed by atoms with Crippen molar-refractivity contribution in [1.29, 1.82) is 0 Å². The van der Waals surface area contributed by atoms with E-state index in [9.17, 15) is 10.2 Å². The van der Waals surface area contributed by atoms with E-state index in [4.69, 9.17) is 16.3 Å². The first-order chi connectivity index (χ1) is 13.6. The molecule has 2 N–H and O–H groups in total. The fraction of sp³-hybridized carbons (Fsp3) is 0.174. The summed E-state index contributed by atoms with van der Waals surface area (Å²) < 4.78 is 5.57. The molecule has 0 spiro atoms. The van der Waals surface area contributed by atoms with Crippen LogP contribution in [0.5, 0.6) is 17.2 Å². The quantitative estimate of drug-likeness (QED) is 0.520. The second kappa shape index (κ2) is 9.29. The molecule has 3 rings (SSSR count). The third-order valence-electron chi connectivity index (χ3n) is 4.36. The molecule has 1 heterocycles. The Labute approximate surface area is 169 Å². The van der Waals surface area contributed by atoms with E-state index >= 15 is 0 Å². The van der Waals surface area contributed by atoms with Gasteiger partial charge in [0.15, 0.2) is 0 Å². The van der Waals surface area contributed by atoms with E-state index in [2.05, 4.69) is 11.9 Å². The molecule has 0 bridgehead atoms. The van der Waals surface area contributed by atoms with Gasteiger partial charge in [0.25, 0.3) is 0 Å². The lowest BCUT2D eigenvalue weighted by Crippen LogP contribution is -1.99. The number of benzene rings is 2. The summed E-state index contributed by atoms with van der Waals surface area (Å²) in [6.07, 6.45) is 2.20. The zero-order valence-corrected chi connectivity index (χ0v) is 16.4. The van der Waals surface area contributed by atoms with Gasteiger partial charge in [-0.1, -0.05) is 31.2 Å². The summed E-state index contributed by atoms with van der Waals surface area (Å²) in [5.41, 5.74) is 4.84. The van der Waals surface area contributed by atoms with Crippen LogP contribution in [0.3, 0.4) is 0 Å². The molecule has 0 atom stereocenters. The Balaban J connectivity index is 2.13. The van der Waals surface area contributed by atoms with Gasteiger partial charge < -0.3 is 14.9 Å². The van der Waals surface area contributed by atoms with Crippen LogP contribution in [0.4, 0.5) is 0 Å². The van der Waals surface area contributed by atoms with Crippen LogP contribution in [0.2, 0.25) is 0 Å². The molecule has 0 aliphatic rings. The Morgan fingerprint density at radius 3 is 2.04 bits per heavy atom. The summed E-state index contributed by atoms with van der Waals surface area (Å²) in [6.45, 7) is 2.53. The van der Waals surface area contributed by atoms with Gasteiger partial charge in [-0.25, -0.2) is 0 Å². The van der Waals surface area contributed by atoms with E-state index in [1.54, 1.807) is 18.2 Å². The van der Waals surface area contributed by atoms with Crippen LogP contribution in [0, 0.1) is 0 Å². The molecule has 144 valence electrons. The molecular weight excluding hydrogens is 374 g/mol. The zero-order valence-electron chi connectivity index (χ0n) is 15.6. The number of hydrogen-bond donors (Lipinski definition) is 2. The average molecular weight is 396 g/mol. The van der Waals surface area contributed by atoms with Crippen molar-refractivity contribution in [2.45, 2.75) is 13.3 Å². The van der Waals surface area contributed by atoms with Crippen LogP contribution in [-0.4, -0.2) is 27.7 Å². The highest BCUT2D eigenvalue weighted by Crippen LogP contribution is 2.35. The normalized spacial score (nSPS) is 11.8. The molecule has 0 saturated heterocycles. The number of aromatic hydroxyl groups is 2. The van der Waals surface area contributed by atoms with Gasteiger partial charge in [-0.3, -0.25) is 4.98 Å². The van der Waals surface area contributed by atoms with Crippen molar-refractivity contribution < 1.29 is 14.9 Å². The molecule has 0 saturated carbocycles. The molecule has 4 nitrogen and oxygen atoms in total. The first-order valence-corrected chi connectivity index (χ1v) is 9.63. The van der Waals surface area contributed by atoms with E-state index < -0.39 is 0 Å². The van der Waals surface area contributed by atoms with Gasteiger partial charge in [-0.2, -0.15) is 0 Å². The highest BCUT2D eigenvalue weighted by molar-refractivity contribution is 6.18. The molecule has 1 aromatic heterocycles. The number of ether oxygens (including phenoxy) is 1. The molecule has 0 fully saturated rings. The Morgan fingerprint density at radius 2 is 1.50 bits per heavy atom. The minimum Gasteiger partial charge on any atom is -0.508 e. The number of hydrogen-bond acceptors (Lipinski definition) is 4. The number of allylic oxidation sites excluding steroid dienone is 1. The van der Waals surface area contributed by atoms with Crippen molar-refractivity contribution in [2.75, 3.05) is 12.5 Å². The SMILES string of the molecule is CC/C(=C(/c1ccc(O)cc1)c1ccc(OCCCl)cc1)c1ccc(O)cn1. The fourth-order valence-corrected chi connectivity index (χ4v) is 3.15. The lowest BCUT2D eigenvalue weighted by molar-refractivity contribution is 0.343. The van der Waals surface area contributed by atoms with Crippen molar-refractivity contribution >= 4 is 22.7 Å². The van der Waals surface area contributed by atoms with Crippen molar-refractivity contribution in [3.05, 3.63) is 83.7 Å². The highest BCUT2D eigenvalue weighted by atomic mass is 35.5. The fourth-order valence-electron chi connectivity index (χ4n) is 3.07. The molecule has 28 heavy (non-hydrogen) atoms. The minimum absolute atomic E-state index is 0.131. The van der Waals surface area contributed by atoms with Crippen LogP contribution >= 0.6 is 11.6 Å². The van der Waals surface area contributed by atoms with Crippen molar-refractivity contribution in [2.24, 2.45) is 0 Å². The summed E-state index contributed by atoms with van der Waals surface area (Å²) in [4.78, 5) is 4.40. The third-order valence-corrected chi connectivity index (χ3v) is 4.51. The summed E-state index contributed by atoms with van der Waals surface area (Å²) >= 11 is 5.69. The monoisotopic (exact) mass is 395 g/mol. The number of rotatable bonds is 7.